The van der Waals surface area contributed by atoms with Gasteiger partial charge in [0.1, 0.15) is 11.6 Å². The lowest BCUT2D eigenvalue weighted by Crippen LogP contribution is -2.69. The van der Waals surface area contributed by atoms with Gasteiger partial charge in [-0.2, -0.15) is 0 Å². The summed E-state index contributed by atoms with van der Waals surface area (Å²) in [5.74, 6) is 0.724. The molecule has 2 bridgehead atoms. The number of hydrogen-bond donors (Lipinski definition) is 1. The first-order valence-corrected chi connectivity index (χ1v) is 7.50. The highest BCUT2D eigenvalue weighted by Gasteiger charge is 2.56. The van der Waals surface area contributed by atoms with Gasteiger partial charge in [-0.25, -0.2) is 4.39 Å². The molecule has 0 radical (unpaired) electrons. The minimum Gasteiger partial charge on any atom is -0.467 e. The molecule has 3 aliphatic rings. The fraction of sp³-hybridized carbons (Fsp3) is 0.533. The molecule has 3 atom stereocenters. The Morgan fingerprint density at radius 1 is 1.45 bits per heavy atom. The number of thiocarbonyl (C=S) groups is 1. The molecule has 20 heavy (non-hydrogen) atoms. The number of hydrogen-bond acceptors (Lipinski definition) is 2. The highest BCUT2D eigenvalue weighted by Crippen LogP contribution is 2.50. The van der Waals surface area contributed by atoms with Crippen molar-refractivity contribution in [2.45, 2.75) is 44.5 Å². The van der Waals surface area contributed by atoms with Crippen molar-refractivity contribution in [1.82, 2.24) is 10.2 Å². The molecule has 0 aromatic heterocycles. The molecule has 2 aliphatic heterocycles. The van der Waals surface area contributed by atoms with E-state index in [1.807, 2.05) is 0 Å². The van der Waals surface area contributed by atoms with Crippen LogP contribution in [0.25, 0.3) is 0 Å². The maximum Gasteiger partial charge on any atom is 0.187 e. The maximum absolute atomic E-state index is 13.5. The van der Waals surface area contributed by atoms with E-state index in [0.717, 1.165) is 29.3 Å². The standard InChI is InChI=1S/C15H17FN2OS/c1-8-13-11-7-9(16)3-6-12(11)19-15(8,2)18(10-4-5-10)14(20)17-13/h3,6-8,10,13H,4-5H2,1-2H3,(H,17,20). The lowest BCUT2D eigenvalue weighted by molar-refractivity contribution is -0.114. The molecule has 0 amide bonds. The maximum atomic E-state index is 13.5. The van der Waals surface area contributed by atoms with Crippen LogP contribution in [0.4, 0.5) is 4.39 Å². The van der Waals surface area contributed by atoms with E-state index < -0.39 is 5.72 Å². The summed E-state index contributed by atoms with van der Waals surface area (Å²) in [6.45, 7) is 4.24. The quantitative estimate of drug-likeness (QED) is 0.804. The third kappa shape index (κ3) is 1.53. The predicted molar refractivity (Wildman–Crippen MR) is 77.9 cm³/mol. The second kappa shape index (κ2) is 3.85. The van der Waals surface area contributed by atoms with Crippen molar-refractivity contribution in [2.75, 3.05) is 0 Å². The zero-order chi connectivity index (χ0) is 14.1. The first-order chi connectivity index (χ1) is 9.50. The van der Waals surface area contributed by atoms with Crippen LogP contribution >= 0.6 is 12.2 Å². The van der Waals surface area contributed by atoms with Crippen molar-refractivity contribution in [3.8, 4) is 5.75 Å². The molecular formula is C15H17FN2OS. The Bertz CT molecular complexity index is 604. The highest BCUT2D eigenvalue weighted by atomic mass is 32.1. The zero-order valence-corrected chi connectivity index (χ0v) is 12.3. The van der Waals surface area contributed by atoms with Gasteiger partial charge in [0.2, 0.25) is 0 Å². The number of halogens is 1. The van der Waals surface area contributed by atoms with Gasteiger partial charge < -0.3 is 15.0 Å². The fourth-order valence-electron chi connectivity index (χ4n) is 3.49. The van der Waals surface area contributed by atoms with Gasteiger partial charge in [-0.05, 0) is 50.2 Å². The molecule has 3 nitrogen and oxygen atoms in total. The highest BCUT2D eigenvalue weighted by molar-refractivity contribution is 7.80. The normalized spacial score (nSPS) is 35.1. The number of nitrogens with one attached hydrogen (secondary N) is 1. The molecule has 1 saturated heterocycles. The number of rotatable bonds is 1. The van der Waals surface area contributed by atoms with Gasteiger partial charge in [0.15, 0.2) is 10.8 Å². The molecular weight excluding hydrogens is 275 g/mol. The Labute approximate surface area is 123 Å². The Balaban J connectivity index is 1.85. The molecule has 0 spiro atoms. The van der Waals surface area contributed by atoms with Crippen LogP contribution in [0.5, 0.6) is 5.75 Å². The summed E-state index contributed by atoms with van der Waals surface area (Å²) in [5, 5.41) is 4.12. The monoisotopic (exact) mass is 292 g/mol. The third-order valence-electron chi connectivity index (χ3n) is 4.86. The Morgan fingerprint density at radius 3 is 2.90 bits per heavy atom. The van der Waals surface area contributed by atoms with Crippen molar-refractivity contribution in [3.05, 3.63) is 29.6 Å². The van der Waals surface area contributed by atoms with Crippen LogP contribution in [0.2, 0.25) is 0 Å². The third-order valence-corrected chi connectivity index (χ3v) is 5.17. The van der Waals surface area contributed by atoms with Crippen molar-refractivity contribution >= 4 is 17.3 Å². The van der Waals surface area contributed by atoms with Crippen LogP contribution in [0.15, 0.2) is 18.2 Å². The number of fused-ring (bicyclic) bond motifs is 4. The summed E-state index contributed by atoms with van der Waals surface area (Å²) < 4.78 is 19.8. The summed E-state index contributed by atoms with van der Waals surface area (Å²) in [6.07, 6.45) is 2.32. The van der Waals surface area contributed by atoms with Crippen LogP contribution < -0.4 is 10.1 Å². The number of ether oxygens (including phenoxy) is 1. The van der Waals surface area contributed by atoms with E-state index in [1.165, 1.54) is 6.07 Å². The Morgan fingerprint density at radius 2 is 2.20 bits per heavy atom. The molecule has 1 aromatic carbocycles. The largest absolute Gasteiger partial charge is 0.467 e. The first kappa shape index (κ1) is 12.4. The average molecular weight is 292 g/mol. The van der Waals surface area contributed by atoms with Gasteiger partial charge in [0.05, 0.1) is 6.04 Å². The lowest BCUT2D eigenvalue weighted by atomic mass is 9.81. The minimum absolute atomic E-state index is 0.0157. The summed E-state index contributed by atoms with van der Waals surface area (Å²) in [7, 11) is 0. The van der Waals surface area contributed by atoms with E-state index in [1.54, 1.807) is 12.1 Å². The number of benzene rings is 1. The minimum atomic E-state index is -0.445. The molecule has 1 aromatic rings. The molecule has 5 heteroatoms. The van der Waals surface area contributed by atoms with Crippen LogP contribution in [0.1, 0.15) is 38.3 Å². The van der Waals surface area contributed by atoms with Crippen molar-refractivity contribution < 1.29 is 9.13 Å². The van der Waals surface area contributed by atoms with Crippen LogP contribution in [-0.4, -0.2) is 21.8 Å². The fourth-order valence-corrected chi connectivity index (χ4v) is 3.94. The summed E-state index contributed by atoms with van der Waals surface area (Å²) in [5.41, 5.74) is 0.423. The van der Waals surface area contributed by atoms with Gasteiger partial charge >= 0.3 is 0 Å². The summed E-state index contributed by atoms with van der Waals surface area (Å²) in [4.78, 5) is 2.20. The average Bonchev–Trinajstić information content (AvgIpc) is 3.19. The summed E-state index contributed by atoms with van der Waals surface area (Å²) in [6, 6.07) is 5.22. The molecule has 106 valence electrons. The van der Waals surface area contributed by atoms with E-state index in [9.17, 15) is 4.39 Å². The van der Waals surface area contributed by atoms with Crippen LogP contribution in [0.3, 0.4) is 0 Å². The van der Waals surface area contributed by atoms with Crippen molar-refractivity contribution in [1.29, 1.82) is 0 Å². The topological polar surface area (TPSA) is 24.5 Å². The second-order valence-corrected chi connectivity index (χ2v) is 6.54. The molecule has 1 saturated carbocycles. The van der Waals surface area contributed by atoms with Crippen molar-refractivity contribution in [3.63, 3.8) is 0 Å². The van der Waals surface area contributed by atoms with E-state index in [-0.39, 0.29) is 17.8 Å². The molecule has 4 rings (SSSR count). The van der Waals surface area contributed by atoms with Gasteiger partial charge in [0, 0.05) is 17.5 Å². The molecule has 2 heterocycles. The van der Waals surface area contributed by atoms with E-state index >= 15 is 0 Å². The molecule has 3 unspecified atom stereocenters. The van der Waals surface area contributed by atoms with E-state index in [4.69, 9.17) is 17.0 Å². The zero-order valence-electron chi connectivity index (χ0n) is 11.5. The summed E-state index contributed by atoms with van der Waals surface area (Å²) >= 11 is 5.53. The van der Waals surface area contributed by atoms with Gasteiger partial charge in [0.25, 0.3) is 0 Å². The van der Waals surface area contributed by atoms with Crippen LogP contribution in [0, 0.1) is 11.7 Å². The Kier molecular flexibility index (Phi) is 2.38. The van der Waals surface area contributed by atoms with Crippen LogP contribution in [-0.2, 0) is 0 Å². The molecule has 1 aliphatic carbocycles. The van der Waals surface area contributed by atoms with Gasteiger partial charge in [-0.15, -0.1) is 0 Å². The molecule has 2 fully saturated rings. The van der Waals surface area contributed by atoms with Gasteiger partial charge in [-0.1, -0.05) is 6.92 Å². The van der Waals surface area contributed by atoms with Gasteiger partial charge in [-0.3, -0.25) is 0 Å². The Hall–Kier alpha value is -1.36. The SMILES string of the molecule is CC1C2NC(=S)N(C3CC3)C1(C)Oc1ccc(F)cc12. The molecule has 1 N–H and O–H groups in total. The second-order valence-electron chi connectivity index (χ2n) is 6.16. The van der Waals surface area contributed by atoms with Crippen molar-refractivity contribution in [2.24, 2.45) is 5.92 Å². The first-order valence-electron chi connectivity index (χ1n) is 7.09. The lowest BCUT2D eigenvalue weighted by Gasteiger charge is -2.56. The predicted octanol–water partition coefficient (Wildman–Crippen LogP) is 2.96. The van der Waals surface area contributed by atoms with E-state index in [0.29, 0.717) is 6.04 Å². The van der Waals surface area contributed by atoms with E-state index in [2.05, 4.69) is 24.1 Å². The smallest absolute Gasteiger partial charge is 0.187 e. The number of nitrogens with zero attached hydrogens (tertiary/aromatic N) is 1.